The minimum absolute atomic E-state index is 1.71. The summed E-state index contributed by atoms with van der Waals surface area (Å²) in [5.41, 5.74) is 0. The molecule has 19 heteroatoms. The Hall–Kier alpha value is 0.660. The minimum Gasteiger partial charge on any atom is -0.211 e. The normalized spacial score (nSPS) is 39.2. The Bertz CT molecular complexity index is 405. The van der Waals surface area contributed by atoms with Gasteiger partial charge in [-0.2, -0.15) is 21.3 Å². The minimum atomic E-state index is -6.61. The van der Waals surface area contributed by atoms with Crippen molar-refractivity contribution in [2.45, 2.75) is 6.36 Å². The Kier molecular flexibility index (Phi) is 6.00. The molecule has 0 saturated carbocycles. The van der Waals surface area contributed by atoms with Crippen molar-refractivity contribution in [2.24, 2.45) is 4.52 Å². The van der Waals surface area contributed by atoms with Crippen LogP contribution in [-0.2, 0) is 4.52 Å². The van der Waals surface area contributed by atoms with Gasteiger partial charge >= 0.3 is 39.7 Å². The van der Waals surface area contributed by atoms with Gasteiger partial charge in [-0.1, -0.05) is 0 Å². The molecule has 0 aromatic heterocycles. The van der Waals surface area contributed by atoms with Crippen LogP contribution >= 0.6 is 33.3 Å². The first kappa shape index (κ1) is 18.7. The van der Waals surface area contributed by atoms with Crippen molar-refractivity contribution in [3.8, 4) is 0 Å². The molecular formula is CF10N4OP4. The number of hydrogen-bond acceptors (Lipinski definition) is 5. The summed E-state index contributed by atoms with van der Waals surface area (Å²) in [5.74, 6) is 0. The van der Waals surface area contributed by atoms with Crippen molar-refractivity contribution in [1.82, 2.24) is 14.0 Å². The van der Waals surface area contributed by atoms with Crippen LogP contribution in [0.2, 0.25) is 0 Å². The zero-order valence-corrected chi connectivity index (χ0v) is 11.8. The van der Waals surface area contributed by atoms with Crippen LogP contribution in [0.5, 0.6) is 0 Å². The van der Waals surface area contributed by atoms with Gasteiger partial charge in [0.1, 0.15) is 0 Å². The number of hydrogen-bond donors (Lipinski definition) is 0. The molecule has 1 rings (SSSR count). The fourth-order valence-electron chi connectivity index (χ4n) is 0.675. The molecule has 4 atom stereocenters. The molecule has 0 fully saturated rings. The number of rotatable bonds is 1. The lowest BCUT2D eigenvalue weighted by molar-refractivity contribution is -0.277. The van der Waals surface area contributed by atoms with E-state index in [0.717, 1.165) is 0 Å². The second-order valence-electron chi connectivity index (χ2n) is 2.54. The van der Waals surface area contributed by atoms with Gasteiger partial charge in [0.15, 0.2) is 0 Å². The molecule has 0 radical (unpaired) electrons. The van der Waals surface area contributed by atoms with Crippen LogP contribution in [0.4, 0.5) is 43.4 Å². The van der Waals surface area contributed by atoms with Crippen LogP contribution in [0, 0.1) is 0 Å². The number of nitrogens with zero attached hydrogens (tertiary/aromatic N) is 4. The van der Waals surface area contributed by atoms with Crippen molar-refractivity contribution >= 4 is 33.3 Å². The second-order valence-corrected chi connectivity index (χ2v) is 8.88. The lowest BCUT2D eigenvalue weighted by Gasteiger charge is -2.30. The quantitative estimate of drug-likeness (QED) is 0.283. The standard InChI is InChI=1S/CF10N4OP4/c2-1(3,4)16-20(11)12-17(8)13(5)18(9)14(6)19(10)15(20)7. The molecule has 5 nitrogen and oxygen atoms in total. The Morgan fingerprint density at radius 1 is 0.950 bits per heavy atom. The summed E-state index contributed by atoms with van der Waals surface area (Å²) in [6.07, 6.45) is -5.95. The Balaban J connectivity index is 3.29. The summed E-state index contributed by atoms with van der Waals surface area (Å²) in [6.45, 7) is 0. The summed E-state index contributed by atoms with van der Waals surface area (Å²) in [6, 6.07) is 0. The van der Waals surface area contributed by atoms with Gasteiger partial charge in [-0.3, -0.25) is 0 Å². The molecule has 0 amide bonds. The fraction of sp³-hybridized carbons (Fsp3) is 1.00. The van der Waals surface area contributed by atoms with Crippen molar-refractivity contribution in [2.75, 3.05) is 0 Å². The van der Waals surface area contributed by atoms with E-state index in [9.17, 15) is 43.4 Å². The third kappa shape index (κ3) is 4.10. The third-order valence-electron chi connectivity index (χ3n) is 1.29. The van der Waals surface area contributed by atoms with Gasteiger partial charge < -0.3 is 0 Å². The Morgan fingerprint density at radius 2 is 1.45 bits per heavy atom. The summed E-state index contributed by atoms with van der Waals surface area (Å²) in [7, 11) is -20.6. The van der Waals surface area contributed by atoms with Crippen molar-refractivity contribution < 1.29 is 47.9 Å². The van der Waals surface area contributed by atoms with Gasteiger partial charge in [0.05, 0.1) is 0 Å². The van der Waals surface area contributed by atoms with Crippen molar-refractivity contribution in [3.05, 3.63) is 0 Å². The Morgan fingerprint density at radius 3 is 1.90 bits per heavy atom. The highest BCUT2D eigenvalue weighted by Gasteiger charge is 2.55. The third-order valence-corrected chi connectivity index (χ3v) is 7.85. The average molecular weight is 398 g/mol. The molecule has 1 aliphatic rings. The SMILES string of the molecule is FN1P(F)N=P(F)(OC(F)(F)F)N(F)P(F)N(F)P1F. The largest absolute Gasteiger partial charge is 0.529 e. The van der Waals surface area contributed by atoms with E-state index in [4.69, 9.17) is 0 Å². The zero-order chi connectivity index (χ0) is 15.9. The maximum atomic E-state index is 13.5. The van der Waals surface area contributed by atoms with E-state index in [1.54, 1.807) is 4.52 Å². The molecule has 0 spiro atoms. The van der Waals surface area contributed by atoms with E-state index < -0.39 is 53.7 Å². The number of alkyl halides is 3. The van der Waals surface area contributed by atoms with E-state index in [1.807, 2.05) is 0 Å². The van der Waals surface area contributed by atoms with Gasteiger partial charge in [-0.05, 0) is 9.33 Å². The maximum Gasteiger partial charge on any atom is 0.529 e. The molecule has 20 heavy (non-hydrogen) atoms. The second kappa shape index (κ2) is 6.42. The van der Waals surface area contributed by atoms with Crippen LogP contribution < -0.4 is 0 Å². The first-order valence-corrected chi connectivity index (χ1v) is 8.65. The molecule has 0 aromatic carbocycles. The van der Waals surface area contributed by atoms with E-state index in [-0.39, 0.29) is 0 Å². The van der Waals surface area contributed by atoms with E-state index in [0.29, 0.717) is 0 Å². The summed E-state index contributed by atoms with van der Waals surface area (Å²) in [4.78, 5) is 0. The number of halogens is 10. The molecule has 0 aromatic rings. The average Bonchev–Trinajstić information content (AvgIpc) is 2.30. The lowest BCUT2D eigenvalue weighted by atomic mass is 11.4. The van der Waals surface area contributed by atoms with Crippen LogP contribution in [0.25, 0.3) is 0 Å². The molecule has 0 aliphatic carbocycles. The van der Waals surface area contributed by atoms with Gasteiger partial charge in [-0.25, -0.2) is 4.52 Å². The van der Waals surface area contributed by atoms with Crippen LogP contribution in [0.1, 0.15) is 0 Å². The summed E-state index contributed by atoms with van der Waals surface area (Å²) < 4.78 is 124. The van der Waals surface area contributed by atoms with Gasteiger partial charge in [-0.15, -0.1) is 26.6 Å². The summed E-state index contributed by atoms with van der Waals surface area (Å²) in [5, 5.41) is 0. The predicted octanol–water partition coefficient (Wildman–Crippen LogP) is 6.60. The van der Waals surface area contributed by atoms with Crippen LogP contribution in [-0.4, -0.2) is 20.4 Å². The van der Waals surface area contributed by atoms with Crippen molar-refractivity contribution in [1.29, 1.82) is 0 Å². The molecular weight excluding hydrogens is 398 g/mol. The van der Waals surface area contributed by atoms with Crippen molar-refractivity contribution in [3.63, 3.8) is 0 Å². The predicted molar refractivity (Wildman–Crippen MR) is 50.5 cm³/mol. The van der Waals surface area contributed by atoms with E-state index in [1.165, 1.54) is 0 Å². The van der Waals surface area contributed by atoms with E-state index >= 15 is 0 Å². The molecule has 4 unspecified atom stereocenters. The highest BCUT2D eigenvalue weighted by molar-refractivity contribution is 7.77. The smallest absolute Gasteiger partial charge is 0.211 e. The van der Waals surface area contributed by atoms with Gasteiger partial charge in [0.2, 0.25) is 0 Å². The van der Waals surface area contributed by atoms with Crippen LogP contribution in [0.15, 0.2) is 4.52 Å². The van der Waals surface area contributed by atoms with Gasteiger partial charge in [0.25, 0.3) is 0 Å². The molecule has 0 saturated heterocycles. The topological polar surface area (TPSA) is 31.3 Å². The molecule has 0 N–H and O–H groups in total. The first-order valence-electron chi connectivity index (χ1n) is 3.74. The molecule has 1 aliphatic heterocycles. The highest BCUT2D eigenvalue weighted by Crippen LogP contribution is 2.81. The maximum absolute atomic E-state index is 13.5. The molecule has 120 valence electrons. The first-order chi connectivity index (χ1) is 8.89. The van der Waals surface area contributed by atoms with Crippen LogP contribution in [0.3, 0.4) is 0 Å². The molecule has 1 heterocycles. The Labute approximate surface area is 107 Å². The zero-order valence-electron chi connectivity index (χ0n) is 8.27. The lowest BCUT2D eigenvalue weighted by Crippen LogP contribution is -2.19. The highest BCUT2D eigenvalue weighted by atomic mass is 31.3. The summed E-state index contributed by atoms with van der Waals surface area (Å²) >= 11 is 0. The van der Waals surface area contributed by atoms with Gasteiger partial charge in [0, 0.05) is 4.66 Å². The fourth-order valence-corrected chi connectivity index (χ4v) is 6.33. The molecule has 0 bridgehead atoms. The monoisotopic (exact) mass is 398 g/mol. The van der Waals surface area contributed by atoms with E-state index in [2.05, 4.69) is 4.52 Å².